The highest BCUT2D eigenvalue weighted by molar-refractivity contribution is 5.95. The minimum atomic E-state index is -1.27. The van der Waals surface area contributed by atoms with Crippen LogP contribution in [0.15, 0.2) is 36.4 Å². The van der Waals surface area contributed by atoms with Gasteiger partial charge in [0.15, 0.2) is 0 Å². The van der Waals surface area contributed by atoms with E-state index in [2.05, 4.69) is 16.0 Å². The van der Waals surface area contributed by atoms with Gasteiger partial charge in [-0.25, -0.2) is 0 Å². The SMILES string of the molecule is CC(=O)N(C)CC[C@H](NC(=O)C1(NC(=O)CCc2ccc3cc(O)ccc3c2)CCOCC1)C(=O)NCCC(N)=O. The Kier molecular flexibility index (Phi) is 11.0. The number of rotatable bonds is 13. The highest BCUT2D eigenvalue weighted by Crippen LogP contribution is 2.24. The summed E-state index contributed by atoms with van der Waals surface area (Å²) >= 11 is 0. The average molecular weight is 570 g/mol. The van der Waals surface area contributed by atoms with Crippen LogP contribution in [0.4, 0.5) is 0 Å². The molecule has 1 saturated heterocycles. The first-order valence-electron chi connectivity index (χ1n) is 13.7. The molecule has 0 aromatic heterocycles. The molecule has 1 atom stereocenters. The lowest BCUT2D eigenvalue weighted by Gasteiger charge is -2.37. The van der Waals surface area contributed by atoms with Crippen LogP contribution in [0.25, 0.3) is 10.8 Å². The van der Waals surface area contributed by atoms with Crippen LogP contribution in [0, 0.1) is 0 Å². The van der Waals surface area contributed by atoms with Gasteiger partial charge in [-0.1, -0.05) is 24.3 Å². The minimum Gasteiger partial charge on any atom is -0.508 e. The molecular weight excluding hydrogens is 530 g/mol. The number of aromatic hydroxyl groups is 1. The summed E-state index contributed by atoms with van der Waals surface area (Å²) in [5.74, 6) is -1.93. The summed E-state index contributed by atoms with van der Waals surface area (Å²) in [6.45, 7) is 2.13. The van der Waals surface area contributed by atoms with E-state index in [-0.39, 0.29) is 76.0 Å². The molecule has 1 heterocycles. The number of carbonyl (C=O) groups is 5. The third kappa shape index (κ3) is 9.17. The zero-order chi connectivity index (χ0) is 30.0. The number of nitrogens with zero attached hydrogens (tertiary/aromatic N) is 1. The lowest BCUT2D eigenvalue weighted by Crippen LogP contribution is -2.64. The molecular formula is C29H39N5O7. The lowest BCUT2D eigenvalue weighted by atomic mass is 9.88. The lowest BCUT2D eigenvalue weighted by molar-refractivity contribution is -0.140. The zero-order valence-corrected chi connectivity index (χ0v) is 23.5. The Balaban J connectivity index is 1.68. The van der Waals surface area contributed by atoms with Crippen molar-refractivity contribution in [3.8, 4) is 5.75 Å². The van der Waals surface area contributed by atoms with Crippen molar-refractivity contribution in [1.82, 2.24) is 20.9 Å². The number of benzene rings is 2. The second kappa shape index (κ2) is 14.4. The fourth-order valence-electron chi connectivity index (χ4n) is 4.63. The van der Waals surface area contributed by atoms with Crippen LogP contribution in [0.2, 0.25) is 0 Å². The van der Waals surface area contributed by atoms with Crippen LogP contribution in [0.5, 0.6) is 5.75 Å². The predicted octanol–water partition coefficient (Wildman–Crippen LogP) is 0.488. The average Bonchev–Trinajstić information content (AvgIpc) is 2.93. The van der Waals surface area contributed by atoms with Crippen molar-refractivity contribution < 1.29 is 33.8 Å². The molecule has 1 aliphatic rings. The molecule has 0 bridgehead atoms. The molecule has 3 rings (SSSR count). The largest absolute Gasteiger partial charge is 0.508 e. The molecule has 12 heteroatoms. The second-order valence-electron chi connectivity index (χ2n) is 10.4. The molecule has 0 radical (unpaired) electrons. The molecule has 222 valence electrons. The molecule has 12 nitrogen and oxygen atoms in total. The summed E-state index contributed by atoms with van der Waals surface area (Å²) in [6, 6.07) is 9.81. The standard InChI is InChI=1S/C29H39N5O7/c1-19(35)34(2)14-10-24(27(39)31-13-9-25(30)37)32-28(40)29(11-15-41-16-12-29)33-26(38)8-4-20-3-5-22-18-23(36)7-6-21(22)17-20/h3,5-7,17-18,24,36H,4,8-16H2,1-2H3,(H2,30,37)(H,31,39)(H,32,40)(H,33,38)/t24-/m0/s1. The highest BCUT2D eigenvalue weighted by atomic mass is 16.5. The Labute approximate surface area is 239 Å². The molecule has 2 aromatic carbocycles. The quantitative estimate of drug-likeness (QED) is 0.233. The highest BCUT2D eigenvalue weighted by Gasteiger charge is 2.42. The van der Waals surface area contributed by atoms with Gasteiger partial charge >= 0.3 is 0 Å². The molecule has 2 aromatic rings. The molecule has 0 saturated carbocycles. The number of fused-ring (bicyclic) bond motifs is 1. The van der Waals surface area contributed by atoms with Crippen LogP contribution >= 0.6 is 0 Å². The minimum absolute atomic E-state index is 0.00867. The van der Waals surface area contributed by atoms with Gasteiger partial charge in [-0.3, -0.25) is 24.0 Å². The van der Waals surface area contributed by atoms with Gasteiger partial charge in [-0.05, 0) is 41.3 Å². The van der Waals surface area contributed by atoms with E-state index in [0.29, 0.717) is 6.42 Å². The summed E-state index contributed by atoms with van der Waals surface area (Å²) in [4.78, 5) is 63.8. The summed E-state index contributed by atoms with van der Waals surface area (Å²) in [6.07, 6.45) is 1.11. The Hall–Kier alpha value is -4.19. The van der Waals surface area contributed by atoms with Crippen LogP contribution in [-0.4, -0.2) is 84.5 Å². The molecule has 0 spiro atoms. The monoisotopic (exact) mass is 569 g/mol. The van der Waals surface area contributed by atoms with Gasteiger partial charge in [0.1, 0.15) is 17.3 Å². The summed E-state index contributed by atoms with van der Waals surface area (Å²) < 4.78 is 5.45. The van der Waals surface area contributed by atoms with Crippen LogP contribution in [-0.2, 0) is 35.1 Å². The maximum Gasteiger partial charge on any atom is 0.246 e. The number of hydrogen-bond donors (Lipinski definition) is 5. The molecule has 5 amide bonds. The number of amides is 5. The molecule has 6 N–H and O–H groups in total. The van der Waals surface area contributed by atoms with Crippen LogP contribution < -0.4 is 21.7 Å². The Bertz CT molecular complexity index is 1280. The fourth-order valence-corrected chi connectivity index (χ4v) is 4.63. The van der Waals surface area contributed by atoms with Gasteiger partial charge in [-0.2, -0.15) is 0 Å². The van der Waals surface area contributed by atoms with E-state index in [1.165, 1.54) is 11.8 Å². The topological polar surface area (TPSA) is 180 Å². The number of carbonyl (C=O) groups excluding carboxylic acids is 5. The Morgan fingerprint density at radius 1 is 1.05 bits per heavy atom. The third-order valence-corrected chi connectivity index (χ3v) is 7.27. The van der Waals surface area contributed by atoms with Gasteiger partial charge in [0.25, 0.3) is 0 Å². The normalized spacial score (nSPS) is 15.0. The Morgan fingerprint density at radius 2 is 1.73 bits per heavy atom. The van der Waals surface area contributed by atoms with Crippen LogP contribution in [0.3, 0.4) is 0 Å². The van der Waals surface area contributed by atoms with Crippen molar-refractivity contribution in [2.75, 3.05) is 33.4 Å². The molecule has 1 fully saturated rings. The van der Waals surface area contributed by atoms with Crippen molar-refractivity contribution in [2.45, 2.75) is 57.0 Å². The molecule has 1 aliphatic heterocycles. The first-order chi connectivity index (χ1) is 19.5. The van der Waals surface area contributed by atoms with E-state index >= 15 is 0 Å². The van der Waals surface area contributed by atoms with Crippen molar-refractivity contribution in [3.05, 3.63) is 42.0 Å². The van der Waals surface area contributed by atoms with E-state index in [9.17, 15) is 29.1 Å². The van der Waals surface area contributed by atoms with Crippen molar-refractivity contribution in [3.63, 3.8) is 0 Å². The summed E-state index contributed by atoms with van der Waals surface area (Å²) in [5, 5.41) is 19.8. The number of primary amides is 1. The molecule has 41 heavy (non-hydrogen) atoms. The van der Waals surface area contributed by atoms with E-state index < -0.39 is 29.3 Å². The fraction of sp³-hybridized carbons (Fsp3) is 0.483. The summed E-state index contributed by atoms with van der Waals surface area (Å²) in [5.41, 5.74) is 4.82. The van der Waals surface area contributed by atoms with E-state index in [1.807, 2.05) is 24.3 Å². The number of ether oxygens (including phenoxy) is 1. The molecule has 0 aliphatic carbocycles. The van der Waals surface area contributed by atoms with Crippen molar-refractivity contribution >= 4 is 40.3 Å². The smallest absolute Gasteiger partial charge is 0.246 e. The number of nitrogens with two attached hydrogens (primary N) is 1. The van der Waals surface area contributed by atoms with E-state index in [4.69, 9.17) is 10.5 Å². The van der Waals surface area contributed by atoms with E-state index in [1.54, 1.807) is 19.2 Å². The summed E-state index contributed by atoms with van der Waals surface area (Å²) in [7, 11) is 1.59. The third-order valence-electron chi connectivity index (χ3n) is 7.27. The van der Waals surface area contributed by atoms with Gasteiger partial charge < -0.3 is 36.4 Å². The maximum atomic E-state index is 13.6. The van der Waals surface area contributed by atoms with Crippen LogP contribution in [0.1, 0.15) is 44.6 Å². The van der Waals surface area contributed by atoms with Crippen molar-refractivity contribution in [1.29, 1.82) is 0 Å². The first kappa shape index (κ1) is 31.3. The maximum absolute atomic E-state index is 13.6. The van der Waals surface area contributed by atoms with Gasteiger partial charge in [0.2, 0.25) is 29.5 Å². The van der Waals surface area contributed by atoms with E-state index in [0.717, 1.165) is 16.3 Å². The molecule has 0 unspecified atom stereocenters. The zero-order valence-electron chi connectivity index (χ0n) is 23.5. The Morgan fingerprint density at radius 3 is 2.41 bits per heavy atom. The number of aryl methyl sites for hydroxylation is 1. The number of phenolic OH excluding ortho intramolecular Hbond substituents is 1. The number of phenols is 1. The van der Waals surface area contributed by atoms with Gasteiger partial charge in [0, 0.05) is 66.0 Å². The van der Waals surface area contributed by atoms with Gasteiger partial charge in [-0.15, -0.1) is 0 Å². The van der Waals surface area contributed by atoms with Crippen molar-refractivity contribution in [2.24, 2.45) is 5.73 Å². The number of nitrogens with one attached hydrogen (secondary N) is 3. The van der Waals surface area contributed by atoms with Gasteiger partial charge in [0.05, 0.1) is 0 Å². The first-order valence-corrected chi connectivity index (χ1v) is 13.7. The number of hydrogen-bond acceptors (Lipinski definition) is 7. The second-order valence-corrected chi connectivity index (χ2v) is 10.4. The predicted molar refractivity (Wildman–Crippen MR) is 152 cm³/mol.